The molecular formula is C14H17N3O. The lowest BCUT2D eigenvalue weighted by Gasteiger charge is -2.18. The van der Waals surface area contributed by atoms with Crippen LogP contribution in [0.3, 0.4) is 0 Å². The first kappa shape index (κ1) is 12.5. The van der Waals surface area contributed by atoms with Crippen molar-refractivity contribution in [2.75, 3.05) is 7.11 Å². The van der Waals surface area contributed by atoms with Gasteiger partial charge in [0.2, 0.25) is 0 Å². The molecule has 0 aliphatic rings. The maximum absolute atomic E-state index is 6.24. The van der Waals surface area contributed by atoms with Gasteiger partial charge in [0.1, 0.15) is 11.6 Å². The molecule has 0 aliphatic heterocycles. The summed E-state index contributed by atoms with van der Waals surface area (Å²) in [5.41, 5.74) is 9.41. The molecule has 2 N–H and O–H groups in total. The van der Waals surface area contributed by atoms with Gasteiger partial charge in [-0.25, -0.2) is 9.97 Å². The number of methoxy groups -OCH3 is 1. The van der Waals surface area contributed by atoms with Crippen molar-refractivity contribution in [3.05, 3.63) is 53.1 Å². The number of nitrogens with zero attached hydrogens (tertiary/aromatic N) is 2. The third-order valence-electron chi connectivity index (χ3n) is 2.89. The number of rotatable bonds is 3. The number of benzene rings is 1. The van der Waals surface area contributed by atoms with Crippen molar-refractivity contribution < 1.29 is 4.74 Å². The Bertz CT molecular complexity index is 540. The Labute approximate surface area is 107 Å². The van der Waals surface area contributed by atoms with Crippen LogP contribution in [0.2, 0.25) is 0 Å². The Morgan fingerprint density at radius 3 is 2.44 bits per heavy atom. The van der Waals surface area contributed by atoms with E-state index in [4.69, 9.17) is 10.5 Å². The molecule has 0 spiro atoms. The summed E-state index contributed by atoms with van der Waals surface area (Å²) in [5.74, 6) is 1.38. The van der Waals surface area contributed by atoms with Crippen LogP contribution in [0.15, 0.2) is 30.6 Å². The van der Waals surface area contributed by atoms with Crippen molar-refractivity contribution in [1.82, 2.24) is 9.97 Å². The van der Waals surface area contributed by atoms with Gasteiger partial charge >= 0.3 is 0 Å². The Morgan fingerprint density at radius 2 is 1.83 bits per heavy atom. The summed E-state index contributed by atoms with van der Waals surface area (Å²) in [4.78, 5) is 8.40. The number of aryl methyl sites for hydroxylation is 2. The van der Waals surface area contributed by atoms with E-state index in [2.05, 4.69) is 16.0 Å². The predicted octanol–water partition coefficient (Wildman–Crippen LogP) is 2.15. The molecule has 4 heteroatoms. The average Bonchev–Trinajstić information content (AvgIpc) is 2.38. The molecule has 0 saturated heterocycles. The second-order valence-electron chi connectivity index (χ2n) is 4.28. The third-order valence-corrected chi connectivity index (χ3v) is 2.89. The van der Waals surface area contributed by atoms with E-state index in [1.807, 2.05) is 19.9 Å². The van der Waals surface area contributed by atoms with Crippen molar-refractivity contribution in [3.8, 4) is 5.75 Å². The van der Waals surface area contributed by atoms with E-state index in [9.17, 15) is 0 Å². The zero-order valence-electron chi connectivity index (χ0n) is 10.8. The molecule has 0 bridgehead atoms. The number of nitrogens with two attached hydrogens (primary N) is 1. The van der Waals surface area contributed by atoms with Gasteiger partial charge in [0.15, 0.2) is 0 Å². The van der Waals surface area contributed by atoms with Gasteiger partial charge < -0.3 is 10.5 Å². The van der Waals surface area contributed by atoms with Gasteiger partial charge in [-0.3, -0.25) is 0 Å². The summed E-state index contributed by atoms with van der Waals surface area (Å²) in [6.45, 7) is 4.05. The van der Waals surface area contributed by atoms with Crippen molar-refractivity contribution in [1.29, 1.82) is 0 Å². The zero-order chi connectivity index (χ0) is 13.1. The lowest BCUT2D eigenvalue weighted by molar-refractivity contribution is 0.406. The molecule has 0 saturated carbocycles. The molecule has 0 aliphatic carbocycles. The summed E-state index contributed by atoms with van der Waals surface area (Å²) in [5, 5.41) is 0. The summed E-state index contributed by atoms with van der Waals surface area (Å²) in [6, 6.07) is 5.46. The van der Waals surface area contributed by atoms with Crippen LogP contribution < -0.4 is 10.5 Å². The van der Waals surface area contributed by atoms with Gasteiger partial charge in [0, 0.05) is 18.0 Å². The highest BCUT2D eigenvalue weighted by Gasteiger charge is 2.19. The number of hydrogen-bond acceptors (Lipinski definition) is 4. The molecule has 1 aromatic heterocycles. The SMILES string of the molecule is COc1cc(C)cc(C)c1C(N)c1ncccn1. The van der Waals surface area contributed by atoms with E-state index in [0.29, 0.717) is 5.82 Å². The predicted molar refractivity (Wildman–Crippen MR) is 70.5 cm³/mol. The maximum Gasteiger partial charge on any atom is 0.149 e. The van der Waals surface area contributed by atoms with Crippen LogP contribution in [-0.4, -0.2) is 17.1 Å². The number of ether oxygens (including phenoxy) is 1. The average molecular weight is 243 g/mol. The second kappa shape index (κ2) is 5.14. The lowest BCUT2D eigenvalue weighted by atomic mass is 9.98. The minimum Gasteiger partial charge on any atom is -0.496 e. The molecule has 1 aromatic carbocycles. The monoisotopic (exact) mass is 243 g/mol. The van der Waals surface area contributed by atoms with Crippen molar-refractivity contribution >= 4 is 0 Å². The van der Waals surface area contributed by atoms with Gasteiger partial charge in [-0.2, -0.15) is 0 Å². The molecule has 0 amide bonds. The molecule has 0 fully saturated rings. The van der Waals surface area contributed by atoms with Crippen LogP contribution >= 0.6 is 0 Å². The molecule has 18 heavy (non-hydrogen) atoms. The first-order chi connectivity index (χ1) is 8.63. The minimum absolute atomic E-state index is 0.373. The largest absolute Gasteiger partial charge is 0.496 e. The highest BCUT2D eigenvalue weighted by atomic mass is 16.5. The van der Waals surface area contributed by atoms with Crippen LogP contribution in [0.1, 0.15) is 28.6 Å². The number of aromatic nitrogens is 2. The molecule has 94 valence electrons. The zero-order valence-corrected chi connectivity index (χ0v) is 10.8. The first-order valence-electron chi connectivity index (χ1n) is 5.81. The molecular weight excluding hydrogens is 226 g/mol. The van der Waals surface area contributed by atoms with Crippen LogP contribution in [0.25, 0.3) is 0 Å². The smallest absolute Gasteiger partial charge is 0.149 e. The van der Waals surface area contributed by atoms with E-state index in [1.54, 1.807) is 25.6 Å². The van der Waals surface area contributed by atoms with Crippen molar-refractivity contribution in [2.24, 2.45) is 5.73 Å². The van der Waals surface area contributed by atoms with E-state index in [-0.39, 0.29) is 6.04 Å². The van der Waals surface area contributed by atoms with Gasteiger partial charge in [-0.05, 0) is 37.1 Å². The lowest BCUT2D eigenvalue weighted by Crippen LogP contribution is -2.17. The van der Waals surface area contributed by atoms with Crippen LogP contribution in [0, 0.1) is 13.8 Å². The van der Waals surface area contributed by atoms with Gasteiger partial charge in [0.25, 0.3) is 0 Å². The van der Waals surface area contributed by atoms with Crippen molar-refractivity contribution in [3.63, 3.8) is 0 Å². The van der Waals surface area contributed by atoms with E-state index in [1.165, 1.54) is 0 Å². The van der Waals surface area contributed by atoms with E-state index < -0.39 is 0 Å². The highest BCUT2D eigenvalue weighted by molar-refractivity contribution is 5.46. The Balaban J connectivity index is 2.51. The first-order valence-corrected chi connectivity index (χ1v) is 5.81. The van der Waals surface area contributed by atoms with Gasteiger partial charge in [-0.1, -0.05) is 6.07 Å². The number of hydrogen-bond donors (Lipinski definition) is 1. The molecule has 1 heterocycles. The minimum atomic E-state index is -0.373. The van der Waals surface area contributed by atoms with E-state index >= 15 is 0 Å². The standard InChI is InChI=1S/C14H17N3O/c1-9-7-10(2)12(11(8-9)18-3)13(15)14-16-5-4-6-17-14/h4-8,13H,15H2,1-3H3. The topological polar surface area (TPSA) is 61.0 Å². The summed E-state index contributed by atoms with van der Waals surface area (Å²) in [7, 11) is 1.65. The fraction of sp³-hybridized carbons (Fsp3) is 0.286. The molecule has 2 aromatic rings. The summed E-state index contributed by atoms with van der Waals surface area (Å²) in [6.07, 6.45) is 3.39. The van der Waals surface area contributed by atoms with Crippen molar-refractivity contribution in [2.45, 2.75) is 19.9 Å². The van der Waals surface area contributed by atoms with Crippen LogP contribution in [0.5, 0.6) is 5.75 Å². The normalized spacial score (nSPS) is 12.2. The summed E-state index contributed by atoms with van der Waals surface area (Å²) < 4.78 is 5.41. The third kappa shape index (κ3) is 2.33. The molecule has 4 nitrogen and oxygen atoms in total. The van der Waals surface area contributed by atoms with Gasteiger partial charge in [0.05, 0.1) is 13.2 Å². The maximum atomic E-state index is 6.24. The molecule has 2 rings (SSSR count). The fourth-order valence-corrected chi connectivity index (χ4v) is 2.11. The Morgan fingerprint density at radius 1 is 1.17 bits per heavy atom. The molecule has 1 unspecified atom stereocenters. The van der Waals surface area contributed by atoms with Crippen LogP contribution in [0.4, 0.5) is 0 Å². The van der Waals surface area contributed by atoms with Crippen LogP contribution in [-0.2, 0) is 0 Å². The second-order valence-corrected chi connectivity index (χ2v) is 4.28. The Hall–Kier alpha value is -1.94. The Kier molecular flexibility index (Phi) is 3.58. The molecule has 1 atom stereocenters. The highest BCUT2D eigenvalue weighted by Crippen LogP contribution is 2.30. The summed E-state index contributed by atoms with van der Waals surface area (Å²) >= 11 is 0. The van der Waals surface area contributed by atoms with E-state index in [0.717, 1.165) is 22.4 Å². The van der Waals surface area contributed by atoms with Gasteiger partial charge in [-0.15, -0.1) is 0 Å². The molecule has 0 radical (unpaired) electrons. The quantitative estimate of drug-likeness (QED) is 0.897. The fourth-order valence-electron chi connectivity index (χ4n) is 2.11.